The summed E-state index contributed by atoms with van der Waals surface area (Å²) in [6.45, 7) is 4.93. The highest BCUT2D eigenvalue weighted by Crippen LogP contribution is 2.24. The molecule has 0 atom stereocenters. The second-order valence-corrected chi connectivity index (χ2v) is 3.84. The number of hydrogen-bond acceptors (Lipinski definition) is 3. The van der Waals surface area contributed by atoms with E-state index in [9.17, 15) is 4.79 Å². The molecule has 0 aliphatic carbocycles. The van der Waals surface area contributed by atoms with Crippen molar-refractivity contribution in [1.82, 2.24) is 4.57 Å². The molecule has 0 bridgehead atoms. The van der Waals surface area contributed by atoms with Gasteiger partial charge in [-0.05, 0) is 19.9 Å². The number of ether oxygens (including phenoxy) is 2. The van der Waals surface area contributed by atoms with Crippen molar-refractivity contribution in [2.24, 2.45) is 0 Å². The van der Waals surface area contributed by atoms with Gasteiger partial charge in [0, 0.05) is 30.4 Å². The number of para-hydroxylation sites is 1. The standard InChI is InChI=1S/C14H17NO3/c1-3-17-14(18-4-2)15-9-11(10-16)12-7-5-6-8-13(12)15/h5-10,14H,3-4H2,1-2H3. The van der Waals surface area contributed by atoms with E-state index in [1.54, 1.807) is 6.20 Å². The second kappa shape index (κ2) is 5.80. The van der Waals surface area contributed by atoms with Crippen LogP contribution in [0.3, 0.4) is 0 Å². The first-order valence-electron chi connectivity index (χ1n) is 6.09. The minimum absolute atomic E-state index is 0.487. The lowest BCUT2D eigenvalue weighted by Gasteiger charge is -2.19. The second-order valence-electron chi connectivity index (χ2n) is 3.84. The molecule has 0 N–H and O–H groups in total. The maximum Gasteiger partial charge on any atom is 0.244 e. The third-order valence-corrected chi connectivity index (χ3v) is 2.74. The minimum Gasteiger partial charge on any atom is -0.335 e. The zero-order chi connectivity index (χ0) is 13.0. The maximum absolute atomic E-state index is 11.1. The number of nitrogens with zero attached hydrogens (tertiary/aromatic N) is 1. The molecule has 0 spiro atoms. The molecule has 0 saturated carbocycles. The van der Waals surface area contributed by atoms with Crippen molar-refractivity contribution in [2.45, 2.75) is 20.3 Å². The molecular formula is C14H17NO3. The normalized spacial score (nSPS) is 11.3. The largest absolute Gasteiger partial charge is 0.335 e. The summed E-state index contributed by atoms with van der Waals surface area (Å²) in [6.07, 6.45) is 2.14. The van der Waals surface area contributed by atoms with Crippen LogP contribution in [0.15, 0.2) is 30.5 Å². The maximum atomic E-state index is 11.1. The molecule has 1 aromatic carbocycles. The number of aromatic nitrogens is 1. The average molecular weight is 247 g/mol. The number of carbonyl (C=O) groups excluding carboxylic acids is 1. The molecule has 96 valence electrons. The van der Waals surface area contributed by atoms with E-state index in [1.165, 1.54) is 0 Å². The molecular weight excluding hydrogens is 230 g/mol. The number of carbonyl (C=O) groups is 1. The van der Waals surface area contributed by atoms with Gasteiger partial charge in [0.1, 0.15) is 0 Å². The van der Waals surface area contributed by atoms with Crippen molar-refractivity contribution in [3.8, 4) is 0 Å². The quantitative estimate of drug-likeness (QED) is 0.582. The summed E-state index contributed by atoms with van der Waals surface area (Å²) in [5.74, 6) is 0. The Kier molecular flexibility index (Phi) is 4.12. The number of fused-ring (bicyclic) bond motifs is 1. The molecule has 0 saturated heterocycles. The van der Waals surface area contributed by atoms with Crippen LogP contribution in [0.2, 0.25) is 0 Å². The van der Waals surface area contributed by atoms with E-state index in [2.05, 4.69) is 0 Å². The Morgan fingerprint density at radius 1 is 1.22 bits per heavy atom. The molecule has 0 aliphatic rings. The van der Waals surface area contributed by atoms with Crippen LogP contribution < -0.4 is 0 Å². The molecule has 0 aliphatic heterocycles. The highest BCUT2D eigenvalue weighted by molar-refractivity contribution is 5.97. The first-order valence-corrected chi connectivity index (χ1v) is 6.09. The molecule has 0 fully saturated rings. The van der Waals surface area contributed by atoms with E-state index in [4.69, 9.17) is 9.47 Å². The number of aldehydes is 1. The third-order valence-electron chi connectivity index (χ3n) is 2.74. The summed E-state index contributed by atoms with van der Waals surface area (Å²) < 4.78 is 13.0. The highest BCUT2D eigenvalue weighted by atomic mass is 16.7. The molecule has 18 heavy (non-hydrogen) atoms. The van der Waals surface area contributed by atoms with Crippen LogP contribution in [0.1, 0.15) is 30.6 Å². The molecule has 2 aromatic rings. The fourth-order valence-corrected chi connectivity index (χ4v) is 1.99. The van der Waals surface area contributed by atoms with Gasteiger partial charge in [-0.25, -0.2) is 0 Å². The van der Waals surface area contributed by atoms with Gasteiger partial charge >= 0.3 is 0 Å². The molecule has 1 aromatic heterocycles. The molecule has 2 rings (SSSR count). The smallest absolute Gasteiger partial charge is 0.244 e. The molecule has 0 unspecified atom stereocenters. The first kappa shape index (κ1) is 12.8. The zero-order valence-corrected chi connectivity index (χ0v) is 10.6. The number of rotatable bonds is 6. The Balaban J connectivity index is 2.51. The van der Waals surface area contributed by atoms with Gasteiger partial charge < -0.3 is 9.47 Å². The van der Waals surface area contributed by atoms with Gasteiger partial charge in [-0.2, -0.15) is 0 Å². The number of hydrogen-bond donors (Lipinski definition) is 0. The summed E-state index contributed by atoms with van der Waals surface area (Å²) in [5, 5.41) is 0.914. The van der Waals surface area contributed by atoms with Crippen LogP contribution in [-0.2, 0) is 9.47 Å². The van der Waals surface area contributed by atoms with Crippen molar-refractivity contribution in [3.63, 3.8) is 0 Å². The van der Waals surface area contributed by atoms with Gasteiger partial charge in [0.15, 0.2) is 6.29 Å². The SMILES string of the molecule is CCOC(OCC)n1cc(C=O)c2ccccc21. The van der Waals surface area contributed by atoms with Gasteiger partial charge in [-0.15, -0.1) is 0 Å². The lowest BCUT2D eigenvalue weighted by Crippen LogP contribution is -2.15. The van der Waals surface area contributed by atoms with E-state index >= 15 is 0 Å². The fourth-order valence-electron chi connectivity index (χ4n) is 1.99. The van der Waals surface area contributed by atoms with Crippen molar-refractivity contribution in [3.05, 3.63) is 36.0 Å². The average Bonchev–Trinajstić information content (AvgIpc) is 2.77. The van der Waals surface area contributed by atoms with Gasteiger partial charge in [-0.3, -0.25) is 9.36 Å². The van der Waals surface area contributed by atoms with Crippen LogP contribution >= 0.6 is 0 Å². The van der Waals surface area contributed by atoms with E-state index in [1.807, 2.05) is 42.7 Å². The Morgan fingerprint density at radius 3 is 2.50 bits per heavy atom. The molecule has 0 amide bonds. The Hall–Kier alpha value is -1.65. The van der Waals surface area contributed by atoms with Gasteiger partial charge in [0.25, 0.3) is 0 Å². The summed E-state index contributed by atoms with van der Waals surface area (Å²) in [5.41, 5.74) is 1.58. The topological polar surface area (TPSA) is 40.5 Å². The Labute approximate surface area is 106 Å². The summed E-state index contributed by atoms with van der Waals surface area (Å²) >= 11 is 0. The van der Waals surface area contributed by atoms with E-state index in [-0.39, 0.29) is 0 Å². The van der Waals surface area contributed by atoms with Gasteiger partial charge in [0.05, 0.1) is 5.52 Å². The molecule has 4 nitrogen and oxygen atoms in total. The van der Waals surface area contributed by atoms with Crippen LogP contribution in [0.4, 0.5) is 0 Å². The Bertz CT molecular complexity index is 527. The predicted molar refractivity (Wildman–Crippen MR) is 69.6 cm³/mol. The predicted octanol–water partition coefficient (Wildman–Crippen LogP) is 2.98. The van der Waals surface area contributed by atoms with Crippen LogP contribution in [0.5, 0.6) is 0 Å². The van der Waals surface area contributed by atoms with Crippen molar-refractivity contribution in [2.75, 3.05) is 13.2 Å². The first-order chi connectivity index (χ1) is 8.81. The van der Waals surface area contributed by atoms with Crippen molar-refractivity contribution < 1.29 is 14.3 Å². The monoisotopic (exact) mass is 247 g/mol. The lowest BCUT2D eigenvalue weighted by atomic mass is 10.2. The van der Waals surface area contributed by atoms with Crippen LogP contribution in [0.25, 0.3) is 10.9 Å². The van der Waals surface area contributed by atoms with Gasteiger partial charge in [-0.1, -0.05) is 18.2 Å². The van der Waals surface area contributed by atoms with E-state index < -0.39 is 6.41 Å². The van der Waals surface area contributed by atoms with E-state index in [0.29, 0.717) is 18.8 Å². The summed E-state index contributed by atoms with van der Waals surface area (Å²) in [7, 11) is 0. The molecule has 4 heteroatoms. The van der Waals surface area contributed by atoms with Crippen molar-refractivity contribution in [1.29, 1.82) is 0 Å². The summed E-state index contributed by atoms with van der Waals surface area (Å²) in [6, 6.07) is 7.72. The van der Waals surface area contributed by atoms with Crippen LogP contribution in [0, 0.1) is 0 Å². The van der Waals surface area contributed by atoms with Crippen molar-refractivity contribution >= 4 is 17.2 Å². The lowest BCUT2D eigenvalue weighted by molar-refractivity contribution is -0.183. The molecule has 0 radical (unpaired) electrons. The third kappa shape index (κ3) is 2.30. The fraction of sp³-hybridized carbons (Fsp3) is 0.357. The van der Waals surface area contributed by atoms with Gasteiger partial charge in [0.2, 0.25) is 6.41 Å². The van der Waals surface area contributed by atoms with Crippen LogP contribution in [-0.4, -0.2) is 24.1 Å². The van der Waals surface area contributed by atoms with E-state index in [0.717, 1.165) is 17.2 Å². The summed E-state index contributed by atoms with van der Waals surface area (Å²) in [4.78, 5) is 11.1. The number of benzene rings is 1. The highest BCUT2D eigenvalue weighted by Gasteiger charge is 2.15. The molecule has 1 heterocycles. The Morgan fingerprint density at radius 2 is 1.89 bits per heavy atom. The minimum atomic E-state index is -0.487. The zero-order valence-electron chi connectivity index (χ0n) is 10.6.